The van der Waals surface area contributed by atoms with E-state index in [2.05, 4.69) is 27.6 Å². The van der Waals surface area contributed by atoms with Crippen LogP contribution in [0.15, 0.2) is 0 Å². The van der Waals surface area contributed by atoms with Crippen molar-refractivity contribution in [1.82, 2.24) is 9.97 Å². The topological polar surface area (TPSA) is 75.9 Å². The van der Waals surface area contributed by atoms with Crippen LogP contribution < -0.4 is 16.6 Å². The smallest absolute Gasteiger partial charge is 0.148 e. The molecular formula is C12H21N5. The molecule has 0 bridgehead atoms. The molecule has 4 N–H and O–H groups in total. The van der Waals surface area contributed by atoms with E-state index in [-0.39, 0.29) is 0 Å². The van der Waals surface area contributed by atoms with Gasteiger partial charge in [-0.3, -0.25) is 0 Å². The van der Waals surface area contributed by atoms with Crippen LogP contribution in [0.4, 0.5) is 11.6 Å². The Morgan fingerprint density at radius 3 is 2.47 bits per heavy atom. The van der Waals surface area contributed by atoms with E-state index in [0.717, 1.165) is 29.5 Å². The average Bonchev–Trinajstić information content (AvgIpc) is 2.29. The predicted octanol–water partition coefficient (Wildman–Crippen LogP) is 1.84. The summed E-state index contributed by atoms with van der Waals surface area (Å²) >= 11 is 0. The molecule has 0 spiro atoms. The van der Waals surface area contributed by atoms with Crippen molar-refractivity contribution in [3.8, 4) is 0 Å². The average molecular weight is 235 g/mol. The zero-order valence-electron chi connectivity index (χ0n) is 10.7. The summed E-state index contributed by atoms with van der Waals surface area (Å²) in [5, 5.41) is 3.48. The molecular weight excluding hydrogens is 214 g/mol. The van der Waals surface area contributed by atoms with E-state index >= 15 is 0 Å². The molecule has 1 aliphatic rings. The zero-order chi connectivity index (χ0) is 12.4. The third-order valence-electron chi connectivity index (χ3n) is 3.36. The van der Waals surface area contributed by atoms with Crippen molar-refractivity contribution in [2.24, 2.45) is 11.8 Å². The van der Waals surface area contributed by atoms with E-state index in [9.17, 15) is 0 Å². The van der Waals surface area contributed by atoms with Gasteiger partial charge in [0.05, 0.1) is 0 Å². The van der Waals surface area contributed by atoms with Gasteiger partial charge in [-0.2, -0.15) is 0 Å². The summed E-state index contributed by atoms with van der Waals surface area (Å²) < 4.78 is 0. The van der Waals surface area contributed by atoms with Gasteiger partial charge in [0.1, 0.15) is 17.5 Å². The first-order chi connectivity index (χ1) is 8.13. The summed E-state index contributed by atoms with van der Waals surface area (Å²) in [5.74, 6) is 8.75. The first kappa shape index (κ1) is 12.1. The molecule has 1 aliphatic carbocycles. The van der Waals surface area contributed by atoms with Crippen LogP contribution in [0, 0.1) is 12.8 Å². The molecule has 0 saturated heterocycles. The molecule has 94 valence electrons. The number of hydrogen-bond donors (Lipinski definition) is 3. The lowest BCUT2D eigenvalue weighted by atomic mass is 9.82. The first-order valence-corrected chi connectivity index (χ1v) is 6.24. The lowest BCUT2D eigenvalue weighted by molar-refractivity contribution is 0.308. The molecule has 0 radical (unpaired) electrons. The standard InChI is InChI=1S/C12H21N5/c1-4-10-15-11(8(3)12(16-10)17-13)14-9-5-7(2)6-9/h7,9H,4-6,13H2,1-3H3,(H2,14,15,16,17). The van der Waals surface area contributed by atoms with Gasteiger partial charge >= 0.3 is 0 Å². The highest BCUT2D eigenvalue weighted by Gasteiger charge is 2.26. The van der Waals surface area contributed by atoms with E-state index in [1.807, 2.05) is 13.8 Å². The Hall–Kier alpha value is -1.36. The van der Waals surface area contributed by atoms with Crippen LogP contribution in [0.1, 0.15) is 38.1 Å². The number of nitrogens with zero attached hydrogens (tertiary/aromatic N) is 2. The van der Waals surface area contributed by atoms with Gasteiger partial charge in [0, 0.05) is 18.0 Å². The Balaban J connectivity index is 2.19. The summed E-state index contributed by atoms with van der Waals surface area (Å²) in [5.41, 5.74) is 3.63. The Kier molecular flexibility index (Phi) is 3.47. The van der Waals surface area contributed by atoms with Crippen LogP contribution >= 0.6 is 0 Å². The van der Waals surface area contributed by atoms with Gasteiger partial charge < -0.3 is 10.7 Å². The maximum Gasteiger partial charge on any atom is 0.148 e. The summed E-state index contributed by atoms with van der Waals surface area (Å²) in [4.78, 5) is 8.88. The molecule has 17 heavy (non-hydrogen) atoms. The Labute approximate surface area is 102 Å². The van der Waals surface area contributed by atoms with Gasteiger partial charge in [0.15, 0.2) is 0 Å². The number of nitrogens with one attached hydrogen (secondary N) is 2. The normalized spacial score (nSPS) is 23.1. The molecule has 0 amide bonds. The minimum atomic E-state index is 0.550. The van der Waals surface area contributed by atoms with Crippen LogP contribution in [-0.2, 0) is 6.42 Å². The second kappa shape index (κ2) is 4.87. The van der Waals surface area contributed by atoms with Gasteiger partial charge in [-0.05, 0) is 25.7 Å². The van der Waals surface area contributed by atoms with Crippen LogP contribution in [-0.4, -0.2) is 16.0 Å². The van der Waals surface area contributed by atoms with Crippen molar-refractivity contribution in [1.29, 1.82) is 0 Å². The van der Waals surface area contributed by atoms with Crippen molar-refractivity contribution in [2.75, 3.05) is 10.7 Å². The van der Waals surface area contributed by atoms with Crippen molar-refractivity contribution in [3.63, 3.8) is 0 Å². The Morgan fingerprint density at radius 2 is 1.94 bits per heavy atom. The van der Waals surface area contributed by atoms with Gasteiger partial charge in [-0.1, -0.05) is 13.8 Å². The molecule has 1 heterocycles. The number of anilines is 2. The fraction of sp³-hybridized carbons (Fsp3) is 0.667. The first-order valence-electron chi connectivity index (χ1n) is 6.24. The summed E-state index contributed by atoms with van der Waals surface area (Å²) in [7, 11) is 0. The fourth-order valence-electron chi connectivity index (χ4n) is 2.22. The molecule has 1 saturated carbocycles. The lowest BCUT2D eigenvalue weighted by Crippen LogP contribution is -2.34. The molecule has 0 unspecified atom stereocenters. The summed E-state index contributed by atoms with van der Waals surface area (Å²) in [6.07, 6.45) is 3.25. The maximum atomic E-state index is 5.47. The van der Waals surface area contributed by atoms with Crippen molar-refractivity contribution < 1.29 is 0 Å². The molecule has 2 rings (SSSR count). The van der Waals surface area contributed by atoms with Crippen LogP contribution in [0.3, 0.4) is 0 Å². The van der Waals surface area contributed by atoms with Crippen molar-refractivity contribution >= 4 is 11.6 Å². The van der Waals surface area contributed by atoms with Gasteiger partial charge in [0.25, 0.3) is 0 Å². The van der Waals surface area contributed by atoms with Gasteiger partial charge in [-0.15, -0.1) is 0 Å². The van der Waals surface area contributed by atoms with Crippen LogP contribution in [0.5, 0.6) is 0 Å². The Morgan fingerprint density at radius 1 is 1.29 bits per heavy atom. The van der Waals surface area contributed by atoms with Crippen molar-refractivity contribution in [2.45, 2.75) is 46.1 Å². The largest absolute Gasteiger partial charge is 0.367 e. The molecule has 5 nitrogen and oxygen atoms in total. The number of nitrogens with two attached hydrogens (primary N) is 1. The molecule has 0 aliphatic heterocycles. The second-order valence-electron chi connectivity index (χ2n) is 4.88. The third kappa shape index (κ3) is 2.49. The highest BCUT2D eigenvalue weighted by atomic mass is 15.3. The van der Waals surface area contributed by atoms with Gasteiger partial charge in [0.2, 0.25) is 0 Å². The molecule has 5 heteroatoms. The van der Waals surface area contributed by atoms with E-state index in [1.165, 1.54) is 12.8 Å². The predicted molar refractivity (Wildman–Crippen MR) is 69.8 cm³/mol. The summed E-state index contributed by atoms with van der Waals surface area (Å²) in [6, 6.07) is 0.550. The number of rotatable bonds is 4. The Bertz CT molecular complexity index is 398. The number of hydrogen-bond acceptors (Lipinski definition) is 5. The minimum absolute atomic E-state index is 0.550. The molecule has 1 aromatic rings. The van der Waals surface area contributed by atoms with Crippen LogP contribution in [0.2, 0.25) is 0 Å². The lowest BCUT2D eigenvalue weighted by Gasteiger charge is -2.34. The third-order valence-corrected chi connectivity index (χ3v) is 3.36. The van der Waals surface area contributed by atoms with E-state index < -0.39 is 0 Å². The van der Waals surface area contributed by atoms with E-state index in [4.69, 9.17) is 5.84 Å². The highest BCUT2D eigenvalue weighted by Crippen LogP contribution is 2.30. The molecule has 0 atom stereocenters. The second-order valence-corrected chi connectivity index (χ2v) is 4.88. The van der Waals surface area contributed by atoms with Crippen LogP contribution in [0.25, 0.3) is 0 Å². The fourth-order valence-corrected chi connectivity index (χ4v) is 2.22. The van der Waals surface area contributed by atoms with Gasteiger partial charge in [-0.25, -0.2) is 15.8 Å². The monoisotopic (exact) mass is 235 g/mol. The number of aromatic nitrogens is 2. The number of aryl methyl sites for hydroxylation is 1. The van der Waals surface area contributed by atoms with E-state index in [0.29, 0.717) is 11.9 Å². The number of nitrogen functional groups attached to an aromatic ring is 1. The van der Waals surface area contributed by atoms with E-state index in [1.54, 1.807) is 0 Å². The maximum absolute atomic E-state index is 5.47. The SMILES string of the molecule is CCc1nc(NN)c(C)c(NC2CC(C)C2)n1. The zero-order valence-corrected chi connectivity index (χ0v) is 10.7. The van der Waals surface area contributed by atoms with Crippen molar-refractivity contribution in [3.05, 3.63) is 11.4 Å². The summed E-state index contributed by atoms with van der Waals surface area (Å²) in [6.45, 7) is 6.30. The molecule has 0 aromatic carbocycles. The minimum Gasteiger partial charge on any atom is -0.367 e. The molecule has 1 fully saturated rings. The quantitative estimate of drug-likeness (QED) is 0.548. The number of hydrazine groups is 1. The highest BCUT2D eigenvalue weighted by molar-refractivity contribution is 5.57. The molecule has 1 aromatic heterocycles.